The van der Waals surface area contributed by atoms with Crippen LogP contribution in [0.3, 0.4) is 0 Å². The molecule has 0 aliphatic carbocycles. The van der Waals surface area contributed by atoms with Crippen LogP contribution < -0.4 is 10.9 Å². The van der Waals surface area contributed by atoms with Crippen LogP contribution in [0.1, 0.15) is 24.2 Å². The smallest absolute Gasteiger partial charge is 0.256 e. The van der Waals surface area contributed by atoms with Crippen molar-refractivity contribution in [2.45, 2.75) is 32.6 Å². The molecular weight excluding hydrogens is 400 g/mol. The maximum atomic E-state index is 12.8. The molecule has 0 bridgehead atoms. The molecule has 8 heteroatoms. The molecule has 1 aliphatic heterocycles. The van der Waals surface area contributed by atoms with E-state index in [1.54, 1.807) is 30.6 Å². The zero-order valence-corrected chi connectivity index (χ0v) is 16.3. The van der Waals surface area contributed by atoms with E-state index in [1.807, 2.05) is 18.7 Å². The molecule has 138 valence electrons. The fraction of sp³-hybridized carbons (Fsp3) is 0.389. The molecule has 3 rings (SSSR count). The summed E-state index contributed by atoms with van der Waals surface area (Å²) in [6, 6.07) is 6.75. The van der Waals surface area contributed by atoms with Gasteiger partial charge in [-0.25, -0.2) is 4.98 Å². The van der Waals surface area contributed by atoms with Crippen molar-refractivity contribution < 1.29 is 9.53 Å². The fourth-order valence-electron chi connectivity index (χ4n) is 2.97. The van der Waals surface area contributed by atoms with E-state index in [-0.39, 0.29) is 30.2 Å². The average Bonchev–Trinajstić information content (AvgIpc) is 2.62. The molecule has 0 saturated carbocycles. The van der Waals surface area contributed by atoms with Crippen LogP contribution in [-0.2, 0) is 11.4 Å². The van der Waals surface area contributed by atoms with E-state index in [4.69, 9.17) is 4.74 Å². The minimum Gasteiger partial charge on any atom is -0.377 e. The van der Waals surface area contributed by atoms with Crippen LogP contribution in [0.5, 0.6) is 0 Å². The zero-order chi connectivity index (χ0) is 18.7. The van der Waals surface area contributed by atoms with E-state index in [2.05, 4.69) is 26.2 Å². The molecule has 1 saturated heterocycles. The maximum absolute atomic E-state index is 12.8. The molecule has 2 aromatic heterocycles. The van der Waals surface area contributed by atoms with Gasteiger partial charge in [-0.1, -0.05) is 0 Å². The number of amides is 1. The van der Waals surface area contributed by atoms with E-state index in [9.17, 15) is 9.59 Å². The van der Waals surface area contributed by atoms with Crippen molar-refractivity contribution in [3.8, 4) is 0 Å². The summed E-state index contributed by atoms with van der Waals surface area (Å²) >= 11 is 3.34. The van der Waals surface area contributed by atoms with E-state index in [1.165, 1.54) is 10.6 Å². The second kappa shape index (κ2) is 8.01. The third-order valence-corrected chi connectivity index (χ3v) is 4.76. The molecule has 1 aliphatic rings. The first-order valence-electron chi connectivity index (χ1n) is 8.42. The lowest BCUT2D eigenvalue weighted by atomic mass is 10.1. The molecule has 2 atom stereocenters. The standard InChI is InChI=1S/C18H21BrN4O3/c1-12-9-26-10-13(2)23(12)18(25)14-3-5-16(20-7-14)21-11-22-8-15(19)4-6-17(22)24/h3-8,12-13H,9-11H2,1-2H3,(H,20,21)/t12-,13+. The van der Waals surface area contributed by atoms with E-state index in [0.29, 0.717) is 24.6 Å². The molecule has 2 aromatic rings. The lowest BCUT2D eigenvalue weighted by Gasteiger charge is -2.38. The van der Waals surface area contributed by atoms with Crippen molar-refractivity contribution >= 4 is 27.7 Å². The number of aromatic nitrogens is 2. The van der Waals surface area contributed by atoms with Gasteiger partial charge in [0.15, 0.2) is 0 Å². The normalized spacial score (nSPS) is 20.0. The number of carbonyl (C=O) groups is 1. The topological polar surface area (TPSA) is 76.5 Å². The van der Waals surface area contributed by atoms with Gasteiger partial charge in [-0.2, -0.15) is 0 Å². The number of hydrogen-bond donors (Lipinski definition) is 1. The van der Waals surface area contributed by atoms with Crippen LogP contribution >= 0.6 is 15.9 Å². The summed E-state index contributed by atoms with van der Waals surface area (Å²) in [4.78, 5) is 30.7. The van der Waals surface area contributed by atoms with Crippen LogP contribution in [0.4, 0.5) is 5.82 Å². The largest absolute Gasteiger partial charge is 0.377 e. The van der Waals surface area contributed by atoms with Gasteiger partial charge in [-0.15, -0.1) is 0 Å². The highest BCUT2D eigenvalue weighted by atomic mass is 79.9. The second-order valence-corrected chi connectivity index (χ2v) is 7.29. The molecule has 1 N–H and O–H groups in total. The Bertz CT molecular complexity index is 827. The SMILES string of the molecule is C[C@@H]1COC[C@H](C)N1C(=O)c1ccc(NCn2cc(Br)ccc2=O)nc1. The number of rotatable bonds is 4. The van der Waals surface area contributed by atoms with Gasteiger partial charge in [-0.3, -0.25) is 14.2 Å². The molecule has 0 unspecified atom stereocenters. The van der Waals surface area contributed by atoms with Crippen LogP contribution in [0, 0.1) is 0 Å². The predicted octanol–water partition coefficient (Wildman–Crippen LogP) is 2.32. The highest BCUT2D eigenvalue weighted by Gasteiger charge is 2.30. The monoisotopic (exact) mass is 420 g/mol. The summed E-state index contributed by atoms with van der Waals surface area (Å²) < 4.78 is 7.82. The number of nitrogens with one attached hydrogen (secondary N) is 1. The summed E-state index contributed by atoms with van der Waals surface area (Å²) in [5, 5.41) is 3.08. The summed E-state index contributed by atoms with van der Waals surface area (Å²) in [5.41, 5.74) is 0.429. The van der Waals surface area contributed by atoms with Gasteiger partial charge >= 0.3 is 0 Å². The Morgan fingerprint density at radius 3 is 2.65 bits per heavy atom. The van der Waals surface area contributed by atoms with Gasteiger partial charge in [-0.05, 0) is 48.0 Å². The quantitative estimate of drug-likeness (QED) is 0.820. The van der Waals surface area contributed by atoms with Crippen molar-refractivity contribution in [2.75, 3.05) is 18.5 Å². The van der Waals surface area contributed by atoms with Crippen molar-refractivity contribution in [1.29, 1.82) is 0 Å². The summed E-state index contributed by atoms with van der Waals surface area (Å²) in [6.07, 6.45) is 3.26. The Morgan fingerprint density at radius 1 is 1.27 bits per heavy atom. The minimum absolute atomic E-state index is 0.0347. The highest BCUT2D eigenvalue weighted by molar-refractivity contribution is 9.10. The molecule has 7 nitrogen and oxygen atoms in total. The van der Waals surface area contributed by atoms with Gasteiger partial charge in [0.25, 0.3) is 11.5 Å². The summed E-state index contributed by atoms with van der Waals surface area (Å²) in [7, 11) is 0. The first kappa shape index (κ1) is 18.6. The van der Waals surface area contributed by atoms with Crippen LogP contribution in [0.2, 0.25) is 0 Å². The number of ether oxygens (including phenoxy) is 1. The molecule has 1 fully saturated rings. The van der Waals surface area contributed by atoms with Gasteiger partial charge in [0.2, 0.25) is 0 Å². The number of hydrogen-bond acceptors (Lipinski definition) is 5. The number of halogens is 1. The van der Waals surface area contributed by atoms with Crippen molar-refractivity contribution in [3.63, 3.8) is 0 Å². The van der Waals surface area contributed by atoms with Crippen LogP contribution in [-0.4, -0.2) is 45.7 Å². The first-order valence-corrected chi connectivity index (χ1v) is 9.21. The maximum Gasteiger partial charge on any atom is 0.256 e. The summed E-state index contributed by atoms with van der Waals surface area (Å²) in [6.45, 7) is 5.34. The Kier molecular flexibility index (Phi) is 5.73. The summed E-state index contributed by atoms with van der Waals surface area (Å²) in [5.74, 6) is 0.548. The molecule has 0 aromatic carbocycles. The minimum atomic E-state index is -0.109. The molecular formula is C18H21BrN4O3. The zero-order valence-electron chi connectivity index (χ0n) is 14.7. The average molecular weight is 421 g/mol. The van der Waals surface area contributed by atoms with Gasteiger partial charge < -0.3 is 15.0 Å². The number of morpholine rings is 1. The lowest BCUT2D eigenvalue weighted by molar-refractivity contribution is -0.0249. The lowest BCUT2D eigenvalue weighted by Crippen LogP contribution is -2.52. The fourth-order valence-corrected chi connectivity index (χ4v) is 3.35. The Hall–Kier alpha value is -2.19. The van der Waals surface area contributed by atoms with Crippen LogP contribution in [0.15, 0.2) is 45.9 Å². The number of carbonyl (C=O) groups excluding carboxylic acids is 1. The van der Waals surface area contributed by atoms with Crippen molar-refractivity contribution in [2.24, 2.45) is 0 Å². The number of nitrogens with zero attached hydrogens (tertiary/aromatic N) is 3. The highest BCUT2D eigenvalue weighted by Crippen LogP contribution is 2.17. The Morgan fingerprint density at radius 2 is 2.00 bits per heavy atom. The third-order valence-electron chi connectivity index (χ3n) is 4.29. The Labute approximate surface area is 160 Å². The molecule has 0 spiro atoms. The van der Waals surface area contributed by atoms with Gasteiger partial charge in [0.05, 0.1) is 37.5 Å². The molecule has 3 heterocycles. The van der Waals surface area contributed by atoms with E-state index in [0.717, 1.165) is 4.47 Å². The number of anilines is 1. The number of pyridine rings is 2. The first-order chi connectivity index (χ1) is 12.5. The van der Waals surface area contributed by atoms with E-state index < -0.39 is 0 Å². The van der Waals surface area contributed by atoms with Gasteiger partial charge in [0, 0.05) is 22.9 Å². The second-order valence-electron chi connectivity index (χ2n) is 6.37. The van der Waals surface area contributed by atoms with E-state index >= 15 is 0 Å². The van der Waals surface area contributed by atoms with Crippen molar-refractivity contribution in [1.82, 2.24) is 14.5 Å². The Balaban J connectivity index is 1.67. The third kappa shape index (κ3) is 4.13. The van der Waals surface area contributed by atoms with Gasteiger partial charge in [0.1, 0.15) is 5.82 Å². The molecule has 1 amide bonds. The molecule has 0 radical (unpaired) electrons. The molecule has 26 heavy (non-hydrogen) atoms. The van der Waals surface area contributed by atoms with Crippen LogP contribution in [0.25, 0.3) is 0 Å². The predicted molar refractivity (Wildman–Crippen MR) is 102 cm³/mol. The van der Waals surface area contributed by atoms with Crippen molar-refractivity contribution in [3.05, 3.63) is 57.0 Å².